The first kappa shape index (κ1) is 10.0. The Bertz CT molecular complexity index is 274. The van der Waals surface area contributed by atoms with Crippen molar-refractivity contribution < 1.29 is 10.2 Å². The predicted octanol–water partition coefficient (Wildman–Crippen LogP) is 0.338. The molecule has 0 aromatic heterocycles. The second kappa shape index (κ2) is 4.84. The molecule has 4 N–H and O–H groups in total. The van der Waals surface area contributed by atoms with Crippen molar-refractivity contribution in [1.82, 2.24) is 0 Å². The molecule has 1 aromatic carbocycles. The third kappa shape index (κ3) is 2.44. The molecule has 0 spiro atoms. The Balaban J connectivity index is 2.95. The molecule has 72 valence electrons. The van der Waals surface area contributed by atoms with Crippen molar-refractivity contribution in [2.75, 3.05) is 18.9 Å². The van der Waals surface area contributed by atoms with Gasteiger partial charge in [-0.2, -0.15) is 0 Å². The highest BCUT2D eigenvalue weighted by Gasteiger charge is 2.04. The van der Waals surface area contributed by atoms with Crippen LogP contribution >= 0.6 is 0 Å². The Hall–Kier alpha value is -1.06. The zero-order chi connectivity index (χ0) is 9.68. The van der Waals surface area contributed by atoms with Crippen LogP contribution in [0.3, 0.4) is 0 Å². The summed E-state index contributed by atoms with van der Waals surface area (Å²) >= 11 is 0. The first-order valence-electron chi connectivity index (χ1n) is 4.37. The van der Waals surface area contributed by atoms with Crippen LogP contribution in [0.25, 0.3) is 0 Å². The van der Waals surface area contributed by atoms with Crippen LogP contribution in [0.2, 0.25) is 0 Å². The maximum absolute atomic E-state index is 8.82. The van der Waals surface area contributed by atoms with Gasteiger partial charge in [0.2, 0.25) is 0 Å². The van der Waals surface area contributed by atoms with Gasteiger partial charge in [-0.05, 0) is 30.0 Å². The van der Waals surface area contributed by atoms with Gasteiger partial charge in [0.15, 0.2) is 0 Å². The minimum atomic E-state index is 0.0899. The molecule has 1 rings (SSSR count). The van der Waals surface area contributed by atoms with Gasteiger partial charge in [0, 0.05) is 18.9 Å². The number of nitrogen functional groups attached to an aromatic ring is 1. The Morgan fingerprint density at radius 3 is 2.38 bits per heavy atom. The van der Waals surface area contributed by atoms with Crippen molar-refractivity contribution in [2.24, 2.45) is 0 Å². The number of rotatable bonds is 4. The fourth-order valence-corrected chi connectivity index (χ4v) is 1.43. The molecule has 3 heteroatoms. The number of anilines is 1. The third-order valence-electron chi connectivity index (χ3n) is 2.05. The van der Waals surface area contributed by atoms with E-state index in [-0.39, 0.29) is 13.2 Å². The second-order valence-electron chi connectivity index (χ2n) is 2.93. The van der Waals surface area contributed by atoms with E-state index in [0.717, 1.165) is 11.1 Å². The lowest BCUT2D eigenvalue weighted by Crippen LogP contribution is -2.04. The first-order valence-corrected chi connectivity index (χ1v) is 4.37. The molecule has 0 aliphatic rings. The quantitative estimate of drug-likeness (QED) is 0.587. The summed E-state index contributed by atoms with van der Waals surface area (Å²) in [5.41, 5.74) is 8.42. The van der Waals surface area contributed by atoms with E-state index in [2.05, 4.69) is 0 Å². The number of nitrogens with two attached hydrogens (primary N) is 1. The van der Waals surface area contributed by atoms with E-state index in [9.17, 15) is 0 Å². The molecule has 0 saturated carbocycles. The summed E-state index contributed by atoms with van der Waals surface area (Å²) in [5.74, 6) is 0. The number of benzene rings is 1. The van der Waals surface area contributed by atoms with Crippen molar-refractivity contribution in [3.63, 3.8) is 0 Å². The summed E-state index contributed by atoms with van der Waals surface area (Å²) in [7, 11) is 0. The zero-order valence-corrected chi connectivity index (χ0v) is 7.53. The van der Waals surface area contributed by atoms with Gasteiger partial charge in [0.25, 0.3) is 0 Å². The molecule has 0 atom stereocenters. The van der Waals surface area contributed by atoms with Crippen LogP contribution in [0.5, 0.6) is 0 Å². The van der Waals surface area contributed by atoms with Crippen LogP contribution in [0.1, 0.15) is 11.1 Å². The number of aliphatic hydroxyl groups is 2. The van der Waals surface area contributed by atoms with Gasteiger partial charge in [-0.1, -0.05) is 12.1 Å². The molecule has 0 amide bonds. The van der Waals surface area contributed by atoms with Gasteiger partial charge in [-0.15, -0.1) is 0 Å². The van der Waals surface area contributed by atoms with E-state index >= 15 is 0 Å². The molecule has 0 saturated heterocycles. The van der Waals surface area contributed by atoms with Crippen molar-refractivity contribution in [3.8, 4) is 0 Å². The van der Waals surface area contributed by atoms with Gasteiger partial charge in [0.05, 0.1) is 0 Å². The molecule has 13 heavy (non-hydrogen) atoms. The summed E-state index contributed by atoms with van der Waals surface area (Å²) in [6.07, 6.45) is 1.16. The summed E-state index contributed by atoms with van der Waals surface area (Å²) in [4.78, 5) is 0. The largest absolute Gasteiger partial charge is 0.398 e. The molecule has 3 nitrogen and oxygen atoms in total. The summed E-state index contributed by atoms with van der Waals surface area (Å²) < 4.78 is 0. The Morgan fingerprint density at radius 2 is 1.77 bits per heavy atom. The molecule has 0 heterocycles. The van der Waals surface area contributed by atoms with Gasteiger partial charge in [-0.25, -0.2) is 0 Å². The van der Waals surface area contributed by atoms with Crippen LogP contribution in [0.15, 0.2) is 18.2 Å². The molecule has 0 aliphatic carbocycles. The predicted molar refractivity (Wildman–Crippen MR) is 52.4 cm³/mol. The topological polar surface area (TPSA) is 66.5 Å². The number of hydrogen-bond acceptors (Lipinski definition) is 3. The van der Waals surface area contributed by atoms with Crippen LogP contribution in [-0.2, 0) is 12.8 Å². The van der Waals surface area contributed by atoms with Gasteiger partial charge in [0.1, 0.15) is 0 Å². The lowest BCUT2D eigenvalue weighted by molar-refractivity contribution is 0.293. The summed E-state index contributed by atoms with van der Waals surface area (Å²) in [5, 5.41) is 17.6. The van der Waals surface area contributed by atoms with Gasteiger partial charge >= 0.3 is 0 Å². The first-order chi connectivity index (χ1) is 6.29. The SMILES string of the molecule is Nc1cccc(CCO)c1CCO. The monoisotopic (exact) mass is 181 g/mol. The average molecular weight is 181 g/mol. The molecule has 1 aromatic rings. The standard InChI is InChI=1S/C10H15NO2/c11-10-3-1-2-8(4-6-12)9(10)5-7-13/h1-3,12-13H,4-7,11H2. The maximum Gasteiger partial charge on any atom is 0.0472 e. The fraction of sp³-hybridized carbons (Fsp3) is 0.400. The minimum Gasteiger partial charge on any atom is -0.398 e. The van der Waals surface area contributed by atoms with Crippen LogP contribution < -0.4 is 5.73 Å². The molecule has 0 fully saturated rings. The van der Waals surface area contributed by atoms with Crippen molar-refractivity contribution in [1.29, 1.82) is 0 Å². The van der Waals surface area contributed by atoms with E-state index in [0.29, 0.717) is 18.5 Å². The molecule has 0 radical (unpaired) electrons. The van der Waals surface area contributed by atoms with E-state index in [1.807, 2.05) is 18.2 Å². The van der Waals surface area contributed by atoms with Crippen LogP contribution in [-0.4, -0.2) is 23.4 Å². The molecule has 0 bridgehead atoms. The Labute approximate surface area is 77.8 Å². The van der Waals surface area contributed by atoms with Crippen LogP contribution in [0.4, 0.5) is 5.69 Å². The van der Waals surface area contributed by atoms with E-state index in [1.54, 1.807) is 0 Å². The summed E-state index contributed by atoms with van der Waals surface area (Å²) in [6.45, 7) is 0.203. The van der Waals surface area contributed by atoms with Crippen molar-refractivity contribution in [2.45, 2.75) is 12.8 Å². The molecule has 0 aliphatic heterocycles. The summed E-state index contributed by atoms with van der Waals surface area (Å²) in [6, 6.07) is 5.60. The Kier molecular flexibility index (Phi) is 3.73. The second-order valence-corrected chi connectivity index (χ2v) is 2.93. The average Bonchev–Trinajstić information content (AvgIpc) is 2.11. The van der Waals surface area contributed by atoms with E-state index in [1.165, 1.54) is 0 Å². The number of hydrogen-bond donors (Lipinski definition) is 3. The van der Waals surface area contributed by atoms with Crippen molar-refractivity contribution >= 4 is 5.69 Å². The van der Waals surface area contributed by atoms with Crippen LogP contribution in [0, 0.1) is 0 Å². The maximum atomic E-state index is 8.82. The lowest BCUT2D eigenvalue weighted by atomic mass is 10.0. The van der Waals surface area contributed by atoms with E-state index < -0.39 is 0 Å². The Morgan fingerprint density at radius 1 is 1.08 bits per heavy atom. The lowest BCUT2D eigenvalue weighted by Gasteiger charge is -2.09. The third-order valence-corrected chi connectivity index (χ3v) is 2.05. The highest BCUT2D eigenvalue weighted by atomic mass is 16.3. The fourth-order valence-electron chi connectivity index (χ4n) is 1.43. The molecular formula is C10H15NO2. The van der Waals surface area contributed by atoms with Crippen molar-refractivity contribution in [3.05, 3.63) is 29.3 Å². The normalized spacial score (nSPS) is 10.3. The van der Waals surface area contributed by atoms with E-state index in [4.69, 9.17) is 15.9 Å². The molecule has 0 unspecified atom stereocenters. The smallest absolute Gasteiger partial charge is 0.0472 e. The highest BCUT2D eigenvalue weighted by molar-refractivity contribution is 5.51. The minimum absolute atomic E-state index is 0.0899. The highest BCUT2D eigenvalue weighted by Crippen LogP contribution is 2.17. The van der Waals surface area contributed by atoms with Gasteiger partial charge in [-0.3, -0.25) is 0 Å². The van der Waals surface area contributed by atoms with Gasteiger partial charge < -0.3 is 15.9 Å². The zero-order valence-electron chi connectivity index (χ0n) is 7.53. The molecular weight excluding hydrogens is 166 g/mol. The number of aliphatic hydroxyl groups excluding tert-OH is 2.